The van der Waals surface area contributed by atoms with Crippen molar-refractivity contribution >= 4 is 29.5 Å². The standard InChI is InChI=1S/C17H28N8O/c1-3-4-13(10(2)19)24-14-9-22-15(16(20)26)17(25-14)23-12(7-18)8-21-11-5-6-11/h7,9-11,13,18,21H,3-6,8,19H2,1-2H3,(H2,20,26)(H,24,25). The van der Waals surface area contributed by atoms with Crippen LogP contribution < -0.4 is 22.1 Å². The first-order chi connectivity index (χ1) is 12.4. The molecular weight excluding hydrogens is 332 g/mol. The van der Waals surface area contributed by atoms with E-state index in [0.717, 1.165) is 31.9 Å². The summed E-state index contributed by atoms with van der Waals surface area (Å²) in [5, 5.41) is 14.1. The number of hydrogen-bond acceptors (Lipinski definition) is 8. The van der Waals surface area contributed by atoms with Crippen molar-refractivity contribution in [2.45, 2.75) is 57.7 Å². The SMILES string of the molecule is CCCC(Nc1cnc(C(N)=O)c(N=C(C=N)CNC2CC2)n1)C(C)N. The smallest absolute Gasteiger partial charge is 0.271 e. The average molecular weight is 360 g/mol. The molecule has 2 atom stereocenters. The Balaban J connectivity index is 2.25. The highest BCUT2D eigenvalue weighted by Gasteiger charge is 2.21. The number of amides is 1. The molecule has 1 saturated carbocycles. The van der Waals surface area contributed by atoms with Gasteiger partial charge in [-0.2, -0.15) is 0 Å². The predicted octanol–water partition coefficient (Wildman–Crippen LogP) is 0.977. The predicted molar refractivity (Wildman–Crippen MR) is 103 cm³/mol. The maximum atomic E-state index is 11.6. The first kappa shape index (κ1) is 19.9. The summed E-state index contributed by atoms with van der Waals surface area (Å²) in [6.07, 6.45) is 6.72. The lowest BCUT2D eigenvalue weighted by atomic mass is 10.1. The maximum absolute atomic E-state index is 11.6. The second-order valence-electron chi connectivity index (χ2n) is 6.59. The molecule has 0 radical (unpaired) electrons. The number of nitrogens with zero attached hydrogens (tertiary/aromatic N) is 3. The molecule has 0 aromatic carbocycles. The molecule has 0 bridgehead atoms. The molecule has 9 heteroatoms. The highest BCUT2D eigenvalue weighted by molar-refractivity contribution is 6.31. The fourth-order valence-corrected chi connectivity index (χ4v) is 2.46. The molecule has 1 aliphatic carbocycles. The lowest BCUT2D eigenvalue weighted by molar-refractivity contribution is 0.0996. The summed E-state index contributed by atoms with van der Waals surface area (Å²) in [7, 11) is 0. The van der Waals surface area contributed by atoms with Gasteiger partial charge in [0.2, 0.25) is 0 Å². The van der Waals surface area contributed by atoms with Gasteiger partial charge in [-0.3, -0.25) is 4.79 Å². The summed E-state index contributed by atoms with van der Waals surface area (Å²) in [5.41, 5.74) is 11.8. The fraction of sp³-hybridized carbons (Fsp3) is 0.588. The van der Waals surface area contributed by atoms with Crippen molar-refractivity contribution in [2.24, 2.45) is 16.5 Å². The summed E-state index contributed by atoms with van der Waals surface area (Å²) < 4.78 is 0. The summed E-state index contributed by atoms with van der Waals surface area (Å²) in [4.78, 5) is 24.5. The van der Waals surface area contributed by atoms with Crippen molar-refractivity contribution in [3.8, 4) is 0 Å². The van der Waals surface area contributed by atoms with Crippen LogP contribution in [0.4, 0.5) is 11.6 Å². The van der Waals surface area contributed by atoms with E-state index in [-0.39, 0.29) is 23.6 Å². The van der Waals surface area contributed by atoms with Crippen molar-refractivity contribution in [3.63, 3.8) is 0 Å². The van der Waals surface area contributed by atoms with Crippen LogP contribution >= 0.6 is 0 Å². The van der Waals surface area contributed by atoms with Crippen molar-refractivity contribution in [1.29, 1.82) is 5.41 Å². The molecule has 1 fully saturated rings. The summed E-state index contributed by atoms with van der Waals surface area (Å²) >= 11 is 0. The van der Waals surface area contributed by atoms with Gasteiger partial charge >= 0.3 is 0 Å². The zero-order valence-corrected chi connectivity index (χ0v) is 15.3. The number of anilines is 1. The minimum Gasteiger partial charge on any atom is -0.364 e. The minimum absolute atomic E-state index is 0.0193. The summed E-state index contributed by atoms with van der Waals surface area (Å²) in [6, 6.07) is 0.444. The summed E-state index contributed by atoms with van der Waals surface area (Å²) in [5.74, 6) is -0.123. The van der Waals surface area contributed by atoms with Crippen molar-refractivity contribution in [3.05, 3.63) is 11.9 Å². The number of hydrogen-bond donors (Lipinski definition) is 5. The van der Waals surface area contributed by atoms with Crippen LogP contribution in [-0.4, -0.2) is 52.5 Å². The first-order valence-electron chi connectivity index (χ1n) is 8.95. The molecule has 2 rings (SSSR count). The van der Waals surface area contributed by atoms with E-state index in [1.807, 2.05) is 6.92 Å². The molecule has 1 aromatic heterocycles. The zero-order valence-electron chi connectivity index (χ0n) is 15.3. The van der Waals surface area contributed by atoms with Crippen LogP contribution in [0.3, 0.4) is 0 Å². The van der Waals surface area contributed by atoms with Gasteiger partial charge in [-0.1, -0.05) is 13.3 Å². The van der Waals surface area contributed by atoms with Crippen LogP contribution in [-0.2, 0) is 0 Å². The number of primary amides is 1. The fourth-order valence-electron chi connectivity index (χ4n) is 2.46. The molecule has 1 amide bonds. The normalized spacial score (nSPS) is 16.8. The Morgan fingerprint density at radius 2 is 2.27 bits per heavy atom. The van der Waals surface area contributed by atoms with Gasteiger partial charge in [0.25, 0.3) is 5.91 Å². The monoisotopic (exact) mass is 360 g/mol. The van der Waals surface area contributed by atoms with Crippen molar-refractivity contribution in [2.75, 3.05) is 11.9 Å². The van der Waals surface area contributed by atoms with E-state index < -0.39 is 5.91 Å². The van der Waals surface area contributed by atoms with Gasteiger partial charge in [0, 0.05) is 30.9 Å². The van der Waals surface area contributed by atoms with Crippen LogP contribution in [0.5, 0.6) is 0 Å². The third-order valence-electron chi connectivity index (χ3n) is 4.12. The lowest BCUT2D eigenvalue weighted by Crippen LogP contribution is -2.38. The quantitative estimate of drug-likeness (QED) is 0.370. The maximum Gasteiger partial charge on any atom is 0.271 e. The Bertz CT molecular complexity index is 669. The van der Waals surface area contributed by atoms with E-state index in [9.17, 15) is 4.79 Å². The molecular formula is C17H28N8O. The van der Waals surface area contributed by atoms with Gasteiger partial charge in [-0.05, 0) is 26.2 Å². The Hall–Kier alpha value is -2.39. The molecule has 142 valence electrons. The van der Waals surface area contributed by atoms with Gasteiger partial charge in [0.1, 0.15) is 5.82 Å². The Kier molecular flexibility index (Phi) is 7.16. The third kappa shape index (κ3) is 5.85. The molecule has 0 spiro atoms. The van der Waals surface area contributed by atoms with Gasteiger partial charge in [0.05, 0.1) is 11.9 Å². The Morgan fingerprint density at radius 1 is 1.54 bits per heavy atom. The van der Waals surface area contributed by atoms with Crippen LogP contribution in [0.1, 0.15) is 50.0 Å². The largest absolute Gasteiger partial charge is 0.364 e. The second kappa shape index (κ2) is 9.35. The minimum atomic E-state index is -0.709. The molecule has 0 saturated heterocycles. The number of nitrogens with one attached hydrogen (secondary N) is 3. The van der Waals surface area contributed by atoms with Crippen LogP contribution in [0.2, 0.25) is 0 Å². The number of carbonyl (C=O) groups excluding carboxylic acids is 1. The van der Waals surface area contributed by atoms with Crippen molar-refractivity contribution < 1.29 is 4.79 Å². The lowest BCUT2D eigenvalue weighted by Gasteiger charge is -2.22. The van der Waals surface area contributed by atoms with Gasteiger partial charge in [-0.15, -0.1) is 0 Å². The molecule has 0 aliphatic heterocycles. The molecule has 1 heterocycles. The van der Waals surface area contributed by atoms with E-state index in [0.29, 0.717) is 24.1 Å². The van der Waals surface area contributed by atoms with E-state index in [4.69, 9.17) is 16.9 Å². The zero-order chi connectivity index (χ0) is 19.1. The van der Waals surface area contributed by atoms with Gasteiger partial charge in [-0.25, -0.2) is 15.0 Å². The number of aliphatic imine (C=N–C) groups is 1. The Labute approximate surface area is 153 Å². The molecule has 9 nitrogen and oxygen atoms in total. The summed E-state index contributed by atoms with van der Waals surface area (Å²) in [6.45, 7) is 4.44. The van der Waals surface area contributed by atoms with Crippen LogP contribution in [0, 0.1) is 5.41 Å². The second-order valence-corrected chi connectivity index (χ2v) is 6.59. The van der Waals surface area contributed by atoms with Gasteiger partial charge < -0.3 is 27.5 Å². The molecule has 7 N–H and O–H groups in total. The van der Waals surface area contributed by atoms with E-state index in [1.54, 1.807) is 0 Å². The van der Waals surface area contributed by atoms with Crippen molar-refractivity contribution in [1.82, 2.24) is 15.3 Å². The topological polar surface area (TPSA) is 155 Å². The van der Waals surface area contributed by atoms with Crippen LogP contribution in [0.25, 0.3) is 0 Å². The van der Waals surface area contributed by atoms with E-state index in [2.05, 4.69) is 32.5 Å². The number of rotatable bonds is 11. The number of nitrogens with two attached hydrogens (primary N) is 2. The third-order valence-corrected chi connectivity index (χ3v) is 4.12. The highest BCUT2D eigenvalue weighted by Crippen LogP contribution is 2.20. The highest BCUT2D eigenvalue weighted by atomic mass is 16.1. The van der Waals surface area contributed by atoms with E-state index >= 15 is 0 Å². The average Bonchev–Trinajstić information content (AvgIpc) is 3.42. The molecule has 2 unspecified atom stereocenters. The first-order valence-corrected chi connectivity index (χ1v) is 8.95. The molecule has 1 aliphatic rings. The van der Waals surface area contributed by atoms with Gasteiger partial charge in [0.15, 0.2) is 11.5 Å². The number of carbonyl (C=O) groups is 1. The molecule has 26 heavy (non-hydrogen) atoms. The van der Waals surface area contributed by atoms with Crippen LogP contribution in [0.15, 0.2) is 11.2 Å². The van der Waals surface area contributed by atoms with E-state index in [1.165, 1.54) is 6.20 Å². The Morgan fingerprint density at radius 3 is 2.81 bits per heavy atom. The number of aromatic nitrogens is 2. The molecule has 1 aromatic rings.